The van der Waals surface area contributed by atoms with Crippen molar-refractivity contribution in [1.29, 1.82) is 0 Å². The van der Waals surface area contributed by atoms with Crippen LogP contribution >= 0.6 is 0 Å². The largest absolute Gasteiger partial charge is 0.497 e. The number of rotatable bonds is 7. The van der Waals surface area contributed by atoms with E-state index in [1.807, 2.05) is 12.1 Å². The zero-order valence-electron chi connectivity index (χ0n) is 19.0. The van der Waals surface area contributed by atoms with Crippen molar-refractivity contribution < 1.29 is 23.4 Å². The molecule has 8 heteroatoms. The number of esters is 1. The van der Waals surface area contributed by atoms with E-state index in [0.717, 1.165) is 11.6 Å². The van der Waals surface area contributed by atoms with Crippen LogP contribution in [-0.4, -0.2) is 36.3 Å². The molecule has 7 nitrogen and oxygen atoms in total. The third kappa shape index (κ3) is 4.34. The van der Waals surface area contributed by atoms with Crippen LogP contribution in [0.4, 0.5) is 4.39 Å². The van der Waals surface area contributed by atoms with Gasteiger partial charge in [-0.05, 0) is 25.1 Å². The number of nitrogens with zero attached hydrogens (tertiary/aromatic N) is 2. The number of ether oxygens (including phenoxy) is 3. The molecule has 0 saturated heterocycles. The van der Waals surface area contributed by atoms with E-state index in [1.54, 1.807) is 55.0 Å². The maximum Gasteiger partial charge on any atom is 0.343 e. The molecule has 2 aromatic heterocycles. The maximum absolute atomic E-state index is 15.1. The summed E-state index contributed by atoms with van der Waals surface area (Å²) in [7, 11) is 3.09. The number of hydrogen-bond donors (Lipinski definition) is 0. The molecule has 2 aromatic carbocycles. The summed E-state index contributed by atoms with van der Waals surface area (Å²) < 4.78 is 32.5. The average Bonchev–Trinajstić information content (AvgIpc) is 2.86. The summed E-state index contributed by atoms with van der Waals surface area (Å²) in [6.07, 6.45) is 1.39. The van der Waals surface area contributed by atoms with Gasteiger partial charge < -0.3 is 18.8 Å². The van der Waals surface area contributed by atoms with E-state index >= 15 is 4.39 Å². The van der Waals surface area contributed by atoms with Crippen LogP contribution in [0.2, 0.25) is 0 Å². The highest BCUT2D eigenvalue weighted by Gasteiger charge is 2.21. The molecule has 4 rings (SSSR count). The number of benzene rings is 2. The predicted molar refractivity (Wildman–Crippen MR) is 126 cm³/mol. The average molecular weight is 462 g/mol. The molecule has 0 saturated carbocycles. The highest BCUT2D eigenvalue weighted by molar-refractivity contribution is 5.93. The smallest absolute Gasteiger partial charge is 0.343 e. The first kappa shape index (κ1) is 23.0. The molecule has 174 valence electrons. The minimum absolute atomic E-state index is 0.0183. The third-order valence-corrected chi connectivity index (χ3v) is 5.38. The number of fused-ring (bicyclic) bond motifs is 1. The summed E-state index contributed by atoms with van der Waals surface area (Å²) in [5.41, 5.74) is 0.809. The molecule has 0 unspecified atom stereocenters. The second-order valence-corrected chi connectivity index (χ2v) is 7.45. The first-order valence-corrected chi connectivity index (χ1v) is 10.6. The minimum Gasteiger partial charge on any atom is -0.497 e. The molecule has 0 fully saturated rings. The fourth-order valence-electron chi connectivity index (χ4n) is 3.73. The Kier molecular flexibility index (Phi) is 6.58. The molecule has 0 atom stereocenters. The second kappa shape index (κ2) is 9.74. The Labute approximate surface area is 195 Å². The minimum atomic E-state index is -0.780. The van der Waals surface area contributed by atoms with Crippen molar-refractivity contribution in [2.75, 3.05) is 20.8 Å². The molecule has 0 aliphatic heterocycles. The van der Waals surface area contributed by atoms with Gasteiger partial charge in [0.15, 0.2) is 0 Å². The van der Waals surface area contributed by atoms with E-state index < -0.39 is 17.2 Å². The van der Waals surface area contributed by atoms with Gasteiger partial charge in [0.25, 0.3) is 0 Å². The van der Waals surface area contributed by atoms with E-state index in [4.69, 9.17) is 14.2 Å². The quantitative estimate of drug-likeness (QED) is 0.378. The van der Waals surface area contributed by atoms with E-state index in [9.17, 15) is 9.59 Å². The van der Waals surface area contributed by atoms with Gasteiger partial charge >= 0.3 is 5.97 Å². The number of aromatic nitrogens is 2. The summed E-state index contributed by atoms with van der Waals surface area (Å²) >= 11 is 0. The molecule has 0 aliphatic carbocycles. The first-order valence-electron chi connectivity index (χ1n) is 10.6. The van der Waals surface area contributed by atoms with Crippen molar-refractivity contribution in [1.82, 2.24) is 9.55 Å². The van der Waals surface area contributed by atoms with Crippen LogP contribution in [-0.2, 0) is 11.3 Å². The van der Waals surface area contributed by atoms with Crippen LogP contribution in [0.15, 0.2) is 65.6 Å². The first-order chi connectivity index (χ1) is 16.5. The van der Waals surface area contributed by atoms with E-state index in [-0.39, 0.29) is 35.4 Å². The number of halogens is 1. The molecule has 2 heterocycles. The van der Waals surface area contributed by atoms with Crippen LogP contribution in [0.1, 0.15) is 22.8 Å². The van der Waals surface area contributed by atoms with Gasteiger partial charge in [-0.2, -0.15) is 0 Å². The van der Waals surface area contributed by atoms with Gasteiger partial charge in [0.1, 0.15) is 34.2 Å². The molecular weight excluding hydrogens is 439 g/mol. The molecule has 4 aromatic rings. The number of methoxy groups -OCH3 is 2. The van der Waals surface area contributed by atoms with Crippen LogP contribution in [0.3, 0.4) is 0 Å². The third-order valence-electron chi connectivity index (χ3n) is 5.38. The molecule has 0 amide bonds. The molecule has 0 N–H and O–H groups in total. The predicted octanol–water partition coefficient (Wildman–Crippen LogP) is 4.44. The summed E-state index contributed by atoms with van der Waals surface area (Å²) in [6, 6.07) is 15.3. The van der Waals surface area contributed by atoms with Crippen LogP contribution < -0.4 is 14.9 Å². The summed E-state index contributed by atoms with van der Waals surface area (Å²) in [6.45, 7) is 1.94. The molecule has 0 radical (unpaired) electrons. The normalized spacial score (nSPS) is 10.8. The lowest BCUT2D eigenvalue weighted by molar-refractivity contribution is 0.0524. The van der Waals surface area contributed by atoms with Gasteiger partial charge in [0.2, 0.25) is 5.43 Å². The highest BCUT2D eigenvalue weighted by Crippen LogP contribution is 2.28. The fourth-order valence-corrected chi connectivity index (χ4v) is 3.73. The van der Waals surface area contributed by atoms with Crippen LogP contribution in [0, 0.1) is 5.82 Å². The lowest BCUT2D eigenvalue weighted by atomic mass is 10.1. The molecule has 0 bridgehead atoms. The Morgan fingerprint density at radius 1 is 1.06 bits per heavy atom. The lowest BCUT2D eigenvalue weighted by Crippen LogP contribution is -2.22. The summed E-state index contributed by atoms with van der Waals surface area (Å²) in [5.74, 6) is -0.277. The van der Waals surface area contributed by atoms with E-state index in [1.165, 1.54) is 13.3 Å². The van der Waals surface area contributed by atoms with E-state index in [0.29, 0.717) is 17.1 Å². The number of pyridine rings is 2. The summed E-state index contributed by atoms with van der Waals surface area (Å²) in [4.78, 5) is 30.1. The molecular formula is C26H23FN2O5. The standard InChI is InChI=1S/C26H23FN2O5/c1-4-34-26(31)20-15-29(14-17-10-11-18(32-2)12-22(17)33-3)25-19(24(20)30)13-21(27)23(28-25)16-8-6-5-7-9-16/h5-13,15H,4,14H2,1-3H3. The van der Waals surface area contributed by atoms with Crippen molar-refractivity contribution in [2.24, 2.45) is 0 Å². The van der Waals surface area contributed by atoms with Gasteiger partial charge in [-0.15, -0.1) is 0 Å². The van der Waals surface area contributed by atoms with Crippen molar-refractivity contribution in [3.63, 3.8) is 0 Å². The monoisotopic (exact) mass is 462 g/mol. The van der Waals surface area contributed by atoms with Crippen LogP contribution in [0.25, 0.3) is 22.3 Å². The zero-order chi connectivity index (χ0) is 24.2. The van der Waals surface area contributed by atoms with Gasteiger partial charge in [0, 0.05) is 23.4 Å². The fraction of sp³-hybridized carbons (Fsp3) is 0.192. The number of carbonyl (C=O) groups is 1. The van der Waals surface area contributed by atoms with Crippen molar-refractivity contribution >= 4 is 17.0 Å². The van der Waals surface area contributed by atoms with E-state index in [2.05, 4.69) is 4.98 Å². The van der Waals surface area contributed by atoms with Crippen molar-refractivity contribution in [3.05, 3.63) is 88.0 Å². The maximum atomic E-state index is 15.1. The topological polar surface area (TPSA) is 79.7 Å². The summed E-state index contributed by atoms with van der Waals surface area (Å²) in [5, 5.41) is -0.0183. The second-order valence-electron chi connectivity index (χ2n) is 7.45. The van der Waals surface area contributed by atoms with Gasteiger partial charge in [-0.3, -0.25) is 4.79 Å². The Balaban J connectivity index is 1.96. The number of hydrogen-bond acceptors (Lipinski definition) is 6. The Morgan fingerprint density at radius 2 is 1.82 bits per heavy atom. The van der Waals surface area contributed by atoms with Crippen molar-refractivity contribution in [3.8, 4) is 22.8 Å². The van der Waals surface area contributed by atoms with Crippen molar-refractivity contribution in [2.45, 2.75) is 13.5 Å². The lowest BCUT2D eigenvalue weighted by Gasteiger charge is -2.16. The Hall–Kier alpha value is -4.20. The van der Waals surface area contributed by atoms with Gasteiger partial charge in [-0.25, -0.2) is 14.2 Å². The highest BCUT2D eigenvalue weighted by atomic mass is 19.1. The van der Waals surface area contributed by atoms with Crippen LogP contribution in [0.5, 0.6) is 11.5 Å². The SMILES string of the molecule is CCOC(=O)c1cn(Cc2ccc(OC)cc2OC)c2nc(-c3ccccc3)c(F)cc2c1=O. The van der Waals surface area contributed by atoms with Gasteiger partial charge in [-0.1, -0.05) is 30.3 Å². The molecule has 0 spiro atoms. The Bertz CT molecular complexity index is 1420. The molecule has 34 heavy (non-hydrogen) atoms. The molecule has 0 aliphatic rings. The number of carbonyl (C=O) groups excluding carboxylic acids is 1. The van der Waals surface area contributed by atoms with Gasteiger partial charge in [0.05, 0.1) is 32.8 Å². The zero-order valence-corrected chi connectivity index (χ0v) is 19.0. The Morgan fingerprint density at radius 3 is 2.50 bits per heavy atom.